The van der Waals surface area contributed by atoms with Crippen LogP contribution in [0.15, 0.2) is 6.08 Å². The fourth-order valence-corrected chi connectivity index (χ4v) is 3.35. The van der Waals surface area contributed by atoms with Gasteiger partial charge in [-0.25, -0.2) is 0 Å². The summed E-state index contributed by atoms with van der Waals surface area (Å²) in [6.45, 7) is 4.92. The quantitative estimate of drug-likeness (QED) is 0.854. The fourth-order valence-electron chi connectivity index (χ4n) is 3.35. The van der Waals surface area contributed by atoms with E-state index in [0.29, 0.717) is 5.92 Å². The van der Waals surface area contributed by atoms with Crippen molar-refractivity contribution >= 4 is 11.9 Å². The van der Waals surface area contributed by atoms with E-state index in [4.69, 9.17) is 0 Å². The van der Waals surface area contributed by atoms with Gasteiger partial charge in [-0.2, -0.15) is 0 Å². The Morgan fingerprint density at radius 1 is 1.19 bits per heavy atom. The molecule has 0 aliphatic carbocycles. The number of rotatable bonds is 3. The first-order valence-electron chi connectivity index (χ1n) is 7.95. The smallest absolute Gasteiger partial charge is 0.156 e. The van der Waals surface area contributed by atoms with Crippen molar-refractivity contribution in [1.29, 1.82) is 0 Å². The zero-order valence-electron chi connectivity index (χ0n) is 13.0. The van der Waals surface area contributed by atoms with E-state index < -0.39 is 0 Å². The van der Waals surface area contributed by atoms with E-state index in [9.17, 15) is 4.79 Å². The maximum absolute atomic E-state index is 11.7. The summed E-state index contributed by atoms with van der Waals surface area (Å²) >= 11 is 0. The lowest BCUT2D eigenvalue weighted by atomic mass is 9.95. The first-order chi connectivity index (χ1) is 10.1. The van der Waals surface area contributed by atoms with Crippen molar-refractivity contribution in [3.8, 4) is 0 Å². The molecule has 0 amide bonds. The molecular formula is C16H24N4O. The molecule has 1 atom stereocenters. The number of piperidine rings is 1. The summed E-state index contributed by atoms with van der Waals surface area (Å²) in [7, 11) is 2.18. The Kier molecular flexibility index (Phi) is 4.19. The van der Waals surface area contributed by atoms with Gasteiger partial charge in [-0.3, -0.25) is 4.79 Å². The fraction of sp³-hybridized carbons (Fsp3) is 0.688. The maximum Gasteiger partial charge on any atom is 0.156 e. The van der Waals surface area contributed by atoms with Crippen LogP contribution < -0.4 is 0 Å². The average molecular weight is 288 g/mol. The van der Waals surface area contributed by atoms with Crippen molar-refractivity contribution < 1.29 is 4.79 Å². The van der Waals surface area contributed by atoms with Gasteiger partial charge in [0.1, 0.15) is 11.6 Å². The number of allylic oxidation sites excluding steroid dienone is 1. The molecule has 1 aromatic rings. The topological polar surface area (TPSA) is 51.0 Å². The lowest BCUT2D eigenvalue weighted by Crippen LogP contribution is -2.29. The number of nitrogens with zero attached hydrogens (tertiary/aromatic N) is 4. The molecule has 2 aliphatic heterocycles. The zero-order chi connectivity index (χ0) is 14.8. The second kappa shape index (κ2) is 6.10. The van der Waals surface area contributed by atoms with Gasteiger partial charge in [-0.1, -0.05) is 6.08 Å². The summed E-state index contributed by atoms with van der Waals surface area (Å²) in [5, 5.41) is 8.56. The van der Waals surface area contributed by atoms with Gasteiger partial charge in [0.05, 0.1) is 5.92 Å². The Balaban J connectivity index is 1.74. The summed E-state index contributed by atoms with van der Waals surface area (Å²) in [5.74, 6) is 2.55. The molecule has 0 radical (unpaired) electrons. The van der Waals surface area contributed by atoms with Crippen LogP contribution in [0.3, 0.4) is 0 Å². The van der Waals surface area contributed by atoms with Gasteiger partial charge in [-0.05, 0) is 64.7 Å². The zero-order valence-corrected chi connectivity index (χ0v) is 13.0. The van der Waals surface area contributed by atoms with Gasteiger partial charge in [0.25, 0.3) is 0 Å². The minimum Gasteiger partial charge on any atom is -0.311 e. The number of hydrogen-bond acceptors (Lipinski definition) is 4. The molecule has 0 spiro atoms. The molecule has 21 heavy (non-hydrogen) atoms. The number of hydrogen-bond donors (Lipinski definition) is 0. The third-order valence-corrected chi connectivity index (χ3v) is 4.77. The van der Waals surface area contributed by atoms with Crippen LogP contribution >= 0.6 is 0 Å². The number of carbonyl (C=O) groups is 1. The highest BCUT2D eigenvalue weighted by Gasteiger charge is 2.27. The second-order valence-corrected chi connectivity index (χ2v) is 6.37. The van der Waals surface area contributed by atoms with E-state index in [1.807, 2.05) is 0 Å². The van der Waals surface area contributed by atoms with E-state index in [2.05, 4.69) is 38.9 Å². The van der Waals surface area contributed by atoms with Crippen molar-refractivity contribution in [3.05, 3.63) is 17.7 Å². The maximum atomic E-state index is 11.7. The van der Waals surface area contributed by atoms with Crippen LogP contribution in [0.2, 0.25) is 0 Å². The first kappa shape index (κ1) is 14.4. The normalized spacial score (nSPS) is 24.4. The van der Waals surface area contributed by atoms with Crippen molar-refractivity contribution in [1.82, 2.24) is 19.7 Å². The molecule has 2 aliphatic rings. The summed E-state index contributed by atoms with van der Waals surface area (Å²) in [5.41, 5.74) is 0. The molecule has 0 bridgehead atoms. The van der Waals surface area contributed by atoms with Crippen LogP contribution in [0.25, 0.3) is 6.08 Å². The minimum absolute atomic E-state index is 0.0586. The van der Waals surface area contributed by atoms with Crippen LogP contribution in [-0.2, 0) is 11.3 Å². The van der Waals surface area contributed by atoms with E-state index >= 15 is 0 Å². The van der Waals surface area contributed by atoms with Gasteiger partial charge >= 0.3 is 0 Å². The van der Waals surface area contributed by atoms with Crippen molar-refractivity contribution in [2.75, 3.05) is 20.1 Å². The lowest BCUT2D eigenvalue weighted by molar-refractivity contribution is -0.119. The van der Waals surface area contributed by atoms with E-state index in [0.717, 1.165) is 31.0 Å². The predicted molar refractivity (Wildman–Crippen MR) is 81.9 cm³/mol. The van der Waals surface area contributed by atoms with Crippen LogP contribution in [0, 0.1) is 5.92 Å². The third kappa shape index (κ3) is 3.07. The molecule has 5 heteroatoms. The number of Topliss-reactive ketones (excluding diaryl/α,β-unsaturated/α-hetero) is 1. The summed E-state index contributed by atoms with van der Waals surface area (Å²) in [6, 6.07) is 0. The first-order valence-corrected chi connectivity index (χ1v) is 7.95. The Morgan fingerprint density at radius 3 is 2.67 bits per heavy atom. The van der Waals surface area contributed by atoms with Crippen LogP contribution in [0.1, 0.15) is 50.2 Å². The number of fused-ring (bicyclic) bond motifs is 1. The highest BCUT2D eigenvalue weighted by molar-refractivity contribution is 5.82. The standard InChI is InChI=1S/C16H24N4O/c1-12(21)14-4-3-9-20-15(17-18-16(14)20)6-5-13-7-10-19(2)11-8-13/h5-6,13-14H,3-4,7-11H2,1-2H3/b6-5+. The summed E-state index contributed by atoms with van der Waals surface area (Å²) < 4.78 is 2.13. The van der Waals surface area contributed by atoms with Gasteiger partial charge in [0.15, 0.2) is 5.82 Å². The van der Waals surface area contributed by atoms with E-state index in [-0.39, 0.29) is 11.7 Å². The predicted octanol–water partition coefficient (Wildman–Crippen LogP) is 2.10. The number of carbonyl (C=O) groups excluding carboxylic acids is 1. The SMILES string of the molecule is CC(=O)C1CCCn2c(/C=C/C3CCN(C)CC3)nnc21. The van der Waals surface area contributed by atoms with E-state index in [1.54, 1.807) is 6.92 Å². The Labute approximate surface area is 126 Å². The number of likely N-dealkylation sites (tertiary alicyclic amines) is 1. The number of aromatic nitrogens is 3. The van der Waals surface area contributed by atoms with Gasteiger partial charge in [0, 0.05) is 6.54 Å². The third-order valence-electron chi connectivity index (χ3n) is 4.77. The molecular weight excluding hydrogens is 264 g/mol. The Hall–Kier alpha value is -1.49. The molecule has 0 N–H and O–H groups in total. The molecule has 3 rings (SSSR count). The van der Waals surface area contributed by atoms with Gasteiger partial charge < -0.3 is 9.47 Å². The van der Waals surface area contributed by atoms with Crippen molar-refractivity contribution in [3.63, 3.8) is 0 Å². The highest BCUT2D eigenvalue weighted by atomic mass is 16.1. The summed E-state index contributed by atoms with van der Waals surface area (Å²) in [4.78, 5) is 14.1. The molecule has 1 saturated heterocycles. The highest BCUT2D eigenvalue weighted by Crippen LogP contribution is 2.28. The molecule has 5 nitrogen and oxygen atoms in total. The lowest BCUT2D eigenvalue weighted by Gasteiger charge is -2.27. The van der Waals surface area contributed by atoms with Gasteiger partial charge in [0.2, 0.25) is 0 Å². The Bertz CT molecular complexity index is 540. The molecule has 0 saturated carbocycles. The summed E-state index contributed by atoms with van der Waals surface area (Å²) in [6.07, 6.45) is 8.75. The van der Waals surface area contributed by atoms with Crippen LogP contribution in [0.4, 0.5) is 0 Å². The monoisotopic (exact) mass is 288 g/mol. The van der Waals surface area contributed by atoms with Gasteiger partial charge in [-0.15, -0.1) is 10.2 Å². The van der Waals surface area contributed by atoms with E-state index in [1.165, 1.54) is 25.9 Å². The molecule has 1 aromatic heterocycles. The molecule has 114 valence electrons. The van der Waals surface area contributed by atoms with Crippen molar-refractivity contribution in [2.24, 2.45) is 5.92 Å². The minimum atomic E-state index is -0.0586. The largest absolute Gasteiger partial charge is 0.311 e. The Morgan fingerprint density at radius 2 is 1.95 bits per heavy atom. The van der Waals surface area contributed by atoms with Crippen molar-refractivity contribution in [2.45, 2.75) is 45.1 Å². The molecule has 3 heterocycles. The molecule has 1 fully saturated rings. The van der Waals surface area contributed by atoms with Crippen LogP contribution in [0.5, 0.6) is 0 Å². The average Bonchev–Trinajstić information content (AvgIpc) is 2.89. The molecule has 1 unspecified atom stereocenters. The van der Waals surface area contributed by atoms with Crippen LogP contribution in [-0.4, -0.2) is 45.6 Å². The second-order valence-electron chi connectivity index (χ2n) is 6.37. The molecule has 0 aromatic carbocycles. The number of ketones is 1.